The summed E-state index contributed by atoms with van der Waals surface area (Å²) in [4.78, 5) is 40.2. The molecular weight excluding hydrogens is 404 g/mol. The Morgan fingerprint density at radius 2 is 1.70 bits per heavy atom. The van der Waals surface area contributed by atoms with E-state index < -0.39 is 5.97 Å². The van der Waals surface area contributed by atoms with Crippen LogP contribution in [0.15, 0.2) is 71.0 Å². The van der Waals surface area contributed by atoms with Gasteiger partial charge in [-0.3, -0.25) is 14.0 Å². The standard InChI is InChI=1S/C22H16N2O5S/c1-14(25)29-19-8-6-16(7-9-19)15-2-4-17(5-3-15)21(27)28-13-18-12-20(26)24-10-11-30-22(24)23-18/h2-12H,13H2,1H3. The van der Waals surface area contributed by atoms with Gasteiger partial charge >= 0.3 is 11.9 Å². The lowest BCUT2D eigenvalue weighted by molar-refractivity contribution is -0.131. The number of benzene rings is 2. The number of aromatic nitrogens is 2. The molecule has 4 rings (SSSR count). The molecule has 0 fully saturated rings. The fourth-order valence-electron chi connectivity index (χ4n) is 2.86. The summed E-state index contributed by atoms with van der Waals surface area (Å²) in [6.45, 7) is 1.27. The zero-order valence-corrected chi connectivity index (χ0v) is 16.7. The van der Waals surface area contributed by atoms with Crippen molar-refractivity contribution in [2.75, 3.05) is 0 Å². The molecule has 0 aliphatic rings. The highest BCUT2D eigenvalue weighted by molar-refractivity contribution is 7.15. The first-order valence-electron chi connectivity index (χ1n) is 9.01. The molecule has 0 N–H and O–H groups in total. The van der Waals surface area contributed by atoms with Gasteiger partial charge in [0.05, 0.1) is 11.3 Å². The van der Waals surface area contributed by atoms with Crippen LogP contribution in [0.4, 0.5) is 0 Å². The predicted molar refractivity (Wildman–Crippen MR) is 112 cm³/mol. The molecule has 2 aromatic heterocycles. The van der Waals surface area contributed by atoms with Crippen molar-refractivity contribution >= 4 is 28.2 Å². The minimum absolute atomic E-state index is 0.0815. The molecule has 2 heterocycles. The van der Waals surface area contributed by atoms with Crippen LogP contribution in [0.5, 0.6) is 5.75 Å². The number of carbonyl (C=O) groups is 2. The Morgan fingerprint density at radius 3 is 2.37 bits per heavy atom. The second-order valence-electron chi connectivity index (χ2n) is 6.41. The van der Waals surface area contributed by atoms with Gasteiger partial charge in [-0.05, 0) is 35.4 Å². The molecule has 7 nitrogen and oxygen atoms in total. The van der Waals surface area contributed by atoms with Crippen LogP contribution in [-0.4, -0.2) is 21.3 Å². The van der Waals surface area contributed by atoms with Crippen LogP contribution in [0.2, 0.25) is 0 Å². The predicted octanol–water partition coefficient (Wildman–Crippen LogP) is 3.71. The fraction of sp³-hybridized carbons (Fsp3) is 0.0909. The van der Waals surface area contributed by atoms with Crippen molar-refractivity contribution < 1.29 is 19.1 Å². The summed E-state index contributed by atoms with van der Waals surface area (Å²) in [6.07, 6.45) is 1.65. The van der Waals surface area contributed by atoms with Crippen LogP contribution < -0.4 is 10.3 Å². The van der Waals surface area contributed by atoms with Gasteiger partial charge in [0, 0.05) is 24.6 Å². The molecule has 0 radical (unpaired) electrons. The molecule has 4 aromatic rings. The van der Waals surface area contributed by atoms with E-state index in [1.807, 2.05) is 12.1 Å². The second-order valence-corrected chi connectivity index (χ2v) is 7.29. The van der Waals surface area contributed by atoms with E-state index >= 15 is 0 Å². The number of rotatable bonds is 5. The number of esters is 2. The second kappa shape index (κ2) is 8.30. The summed E-state index contributed by atoms with van der Waals surface area (Å²) >= 11 is 1.34. The molecule has 0 unspecified atom stereocenters. The fourth-order valence-corrected chi connectivity index (χ4v) is 3.60. The third-order valence-corrected chi connectivity index (χ3v) is 5.03. The minimum Gasteiger partial charge on any atom is -0.456 e. The first-order chi connectivity index (χ1) is 14.5. The summed E-state index contributed by atoms with van der Waals surface area (Å²) < 4.78 is 11.8. The lowest BCUT2D eigenvalue weighted by Crippen LogP contribution is -2.14. The molecule has 0 aliphatic heterocycles. The van der Waals surface area contributed by atoms with E-state index in [1.54, 1.807) is 48.0 Å². The number of thiazole rings is 1. The quantitative estimate of drug-likeness (QED) is 0.361. The summed E-state index contributed by atoms with van der Waals surface area (Å²) in [6, 6.07) is 15.4. The lowest BCUT2D eigenvalue weighted by atomic mass is 10.0. The molecule has 2 aromatic carbocycles. The Hall–Kier alpha value is -3.78. The zero-order chi connectivity index (χ0) is 21.1. The van der Waals surface area contributed by atoms with E-state index in [9.17, 15) is 14.4 Å². The summed E-state index contributed by atoms with van der Waals surface area (Å²) in [5, 5.41) is 1.77. The molecule has 0 atom stereocenters. The van der Waals surface area contributed by atoms with Crippen LogP contribution in [0, 0.1) is 0 Å². The number of fused-ring (bicyclic) bond motifs is 1. The van der Waals surface area contributed by atoms with E-state index in [4.69, 9.17) is 9.47 Å². The minimum atomic E-state index is -0.500. The number of carbonyl (C=O) groups excluding carboxylic acids is 2. The molecule has 8 heteroatoms. The first-order valence-corrected chi connectivity index (χ1v) is 9.89. The van der Waals surface area contributed by atoms with Crippen molar-refractivity contribution in [2.45, 2.75) is 13.5 Å². The molecule has 0 bridgehead atoms. The van der Waals surface area contributed by atoms with Gasteiger partial charge in [0.15, 0.2) is 4.96 Å². The summed E-state index contributed by atoms with van der Waals surface area (Å²) in [7, 11) is 0. The third-order valence-electron chi connectivity index (χ3n) is 4.28. The maximum Gasteiger partial charge on any atom is 0.338 e. The number of ether oxygens (including phenoxy) is 2. The summed E-state index contributed by atoms with van der Waals surface area (Å²) in [5.41, 5.74) is 2.40. The van der Waals surface area contributed by atoms with Crippen molar-refractivity contribution in [3.05, 3.63) is 87.8 Å². The smallest absolute Gasteiger partial charge is 0.338 e. The zero-order valence-electron chi connectivity index (χ0n) is 15.9. The number of nitrogens with zero attached hydrogens (tertiary/aromatic N) is 2. The number of hydrogen-bond acceptors (Lipinski definition) is 7. The summed E-state index contributed by atoms with van der Waals surface area (Å²) in [5.74, 6) is -0.401. The van der Waals surface area contributed by atoms with Gasteiger partial charge in [-0.1, -0.05) is 24.3 Å². The topological polar surface area (TPSA) is 87.0 Å². The molecular formula is C22H16N2O5S. The average Bonchev–Trinajstić information content (AvgIpc) is 3.22. The van der Waals surface area contributed by atoms with E-state index in [1.165, 1.54) is 28.7 Å². The van der Waals surface area contributed by atoms with Crippen LogP contribution in [0.25, 0.3) is 16.1 Å². The Balaban J connectivity index is 1.42. The Bertz CT molecular complexity index is 1270. The SMILES string of the molecule is CC(=O)Oc1ccc(-c2ccc(C(=O)OCc3cc(=O)n4ccsc4n3)cc2)cc1. The molecule has 0 amide bonds. The van der Waals surface area contributed by atoms with Crippen LogP contribution in [0.3, 0.4) is 0 Å². The van der Waals surface area contributed by atoms with Gasteiger partial charge in [-0.2, -0.15) is 0 Å². The van der Waals surface area contributed by atoms with Crippen molar-refractivity contribution in [2.24, 2.45) is 0 Å². The molecule has 30 heavy (non-hydrogen) atoms. The lowest BCUT2D eigenvalue weighted by Gasteiger charge is -2.07. The van der Waals surface area contributed by atoms with Gasteiger partial charge in [0.2, 0.25) is 0 Å². The highest BCUT2D eigenvalue weighted by Gasteiger charge is 2.10. The van der Waals surface area contributed by atoms with Gasteiger partial charge in [0.1, 0.15) is 12.4 Å². The third kappa shape index (κ3) is 4.28. The monoisotopic (exact) mass is 420 g/mol. The number of hydrogen-bond donors (Lipinski definition) is 0. The van der Waals surface area contributed by atoms with Gasteiger partial charge in [0.25, 0.3) is 5.56 Å². The highest BCUT2D eigenvalue weighted by Crippen LogP contribution is 2.23. The van der Waals surface area contributed by atoms with Crippen molar-refractivity contribution in [3.8, 4) is 16.9 Å². The van der Waals surface area contributed by atoms with Crippen molar-refractivity contribution in [3.63, 3.8) is 0 Å². The maximum absolute atomic E-state index is 12.3. The van der Waals surface area contributed by atoms with Crippen LogP contribution in [0.1, 0.15) is 23.0 Å². The van der Waals surface area contributed by atoms with Gasteiger partial charge < -0.3 is 9.47 Å². The average molecular weight is 420 g/mol. The molecule has 0 saturated heterocycles. The van der Waals surface area contributed by atoms with E-state index in [0.717, 1.165) is 11.1 Å². The Labute approximate surface area is 175 Å². The van der Waals surface area contributed by atoms with Crippen LogP contribution >= 0.6 is 11.3 Å². The molecule has 0 aliphatic carbocycles. The largest absolute Gasteiger partial charge is 0.456 e. The van der Waals surface area contributed by atoms with Gasteiger partial charge in [-0.15, -0.1) is 11.3 Å². The maximum atomic E-state index is 12.3. The highest BCUT2D eigenvalue weighted by atomic mass is 32.1. The van der Waals surface area contributed by atoms with Crippen molar-refractivity contribution in [1.82, 2.24) is 9.38 Å². The molecule has 0 saturated carbocycles. The van der Waals surface area contributed by atoms with E-state index in [2.05, 4.69) is 4.98 Å². The first kappa shape index (κ1) is 19.5. The van der Waals surface area contributed by atoms with Crippen molar-refractivity contribution in [1.29, 1.82) is 0 Å². The van der Waals surface area contributed by atoms with E-state index in [0.29, 0.717) is 22.0 Å². The Kier molecular flexibility index (Phi) is 5.40. The van der Waals surface area contributed by atoms with Crippen LogP contribution in [-0.2, 0) is 16.1 Å². The van der Waals surface area contributed by atoms with Gasteiger partial charge in [-0.25, -0.2) is 9.78 Å². The normalized spacial score (nSPS) is 10.7. The molecule has 150 valence electrons. The Morgan fingerprint density at radius 1 is 1.03 bits per heavy atom. The van der Waals surface area contributed by atoms with E-state index in [-0.39, 0.29) is 18.1 Å². The molecule has 0 spiro atoms.